The number of likely N-dealkylation sites (tertiary alicyclic amines) is 1. The number of unbranched alkanes of at least 4 members (excludes halogenated alkanes) is 1. The average Bonchev–Trinajstić information content (AvgIpc) is 2.29. The topological polar surface area (TPSA) is 58.4 Å². The summed E-state index contributed by atoms with van der Waals surface area (Å²) in [6.07, 6.45) is 5.24. The van der Waals surface area contributed by atoms with Crippen molar-refractivity contribution in [2.24, 2.45) is 11.8 Å². The zero-order chi connectivity index (χ0) is 12.0. The van der Waals surface area contributed by atoms with Crippen molar-refractivity contribution < 1.29 is 4.79 Å². The molecule has 0 aromatic heterocycles. The number of amides is 1. The second-order valence-electron chi connectivity index (χ2n) is 4.92. The Morgan fingerprint density at radius 2 is 2.19 bits per heavy atom. The highest BCUT2D eigenvalue weighted by Gasteiger charge is 2.23. The van der Waals surface area contributed by atoms with Gasteiger partial charge in [0.25, 0.3) is 0 Å². The molecular weight excluding hydrogens is 202 g/mol. The molecule has 0 radical (unpaired) electrons. The van der Waals surface area contributed by atoms with Gasteiger partial charge in [-0.1, -0.05) is 6.92 Å². The van der Waals surface area contributed by atoms with Gasteiger partial charge in [0.2, 0.25) is 5.91 Å². The molecule has 0 aliphatic carbocycles. The van der Waals surface area contributed by atoms with Gasteiger partial charge in [-0.05, 0) is 51.6 Å². The summed E-state index contributed by atoms with van der Waals surface area (Å²) in [7, 11) is 0. The smallest absolute Gasteiger partial charge is 0.233 e. The molecule has 1 fully saturated rings. The first kappa shape index (κ1) is 13.5. The number of hydrazine groups is 1. The Bertz CT molecular complexity index is 220. The predicted molar refractivity (Wildman–Crippen MR) is 65.6 cm³/mol. The Morgan fingerprint density at radius 3 is 2.88 bits per heavy atom. The number of rotatable bonds is 5. The number of hydrogen-bond acceptors (Lipinski definition) is 3. The third kappa shape index (κ3) is 4.10. The molecule has 2 unspecified atom stereocenters. The number of carbonyl (C=O) groups excluding carboxylic acids is 1. The van der Waals surface area contributed by atoms with Crippen molar-refractivity contribution >= 4 is 5.91 Å². The second kappa shape index (κ2) is 6.86. The number of hydrogen-bond donors (Lipinski definition) is 2. The van der Waals surface area contributed by atoms with E-state index in [1.807, 2.05) is 0 Å². The molecule has 3 N–H and O–H groups in total. The summed E-state index contributed by atoms with van der Waals surface area (Å²) in [6.45, 7) is 6.98. The molecule has 0 aromatic rings. The lowest BCUT2D eigenvalue weighted by Gasteiger charge is -2.37. The molecule has 1 aliphatic heterocycles. The summed E-state index contributed by atoms with van der Waals surface area (Å²) in [5.74, 6) is 5.78. The van der Waals surface area contributed by atoms with E-state index in [0.29, 0.717) is 12.5 Å². The third-order valence-corrected chi connectivity index (χ3v) is 3.76. The van der Waals surface area contributed by atoms with Crippen molar-refractivity contribution in [1.29, 1.82) is 0 Å². The molecule has 4 heteroatoms. The molecule has 1 saturated heterocycles. The molecule has 4 nitrogen and oxygen atoms in total. The van der Waals surface area contributed by atoms with Crippen LogP contribution in [0, 0.1) is 5.92 Å². The molecule has 0 bridgehead atoms. The van der Waals surface area contributed by atoms with Crippen molar-refractivity contribution in [1.82, 2.24) is 10.3 Å². The van der Waals surface area contributed by atoms with E-state index in [1.54, 1.807) is 0 Å². The standard InChI is InChI=1S/C12H25N3O/c1-10-6-5-9-15(11(10)2)8-4-3-7-12(16)14-13/h10-11H,3-9,13H2,1-2H3,(H,14,16). The molecule has 16 heavy (non-hydrogen) atoms. The maximum absolute atomic E-state index is 10.9. The fourth-order valence-electron chi connectivity index (χ4n) is 2.41. The summed E-state index contributed by atoms with van der Waals surface area (Å²) < 4.78 is 0. The average molecular weight is 227 g/mol. The van der Waals surface area contributed by atoms with Crippen LogP contribution in [-0.2, 0) is 4.79 Å². The van der Waals surface area contributed by atoms with Crippen LogP contribution < -0.4 is 11.3 Å². The van der Waals surface area contributed by atoms with Crippen LogP contribution >= 0.6 is 0 Å². The highest BCUT2D eigenvalue weighted by Crippen LogP contribution is 2.22. The van der Waals surface area contributed by atoms with E-state index in [9.17, 15) is 4.79 Å². The summed E-state index contributed by atoms with van der Waals surface area (Å²) >= 11 is 0. The van der Waals surface area contributed by atoms with Crippen LogP contribution in [-0.4, -0.2) is 29.9 Å². The molecule has 2 atom stereocenters. The van der Waals surface area contributed by atoms with Crippen LogP contribution in [0.4, 0.5) is 0 Å². The van der Waals surface area contributed by atoms with Crippen LogP contribution in [0.25, 0.3) is 0 Å². The van der Waals surface area contributed by atoms with Gasteiger partial charge in [-0.15, -0.1) is 0 Å². The quantitative estimate of drug-likeness (QED) is 0.322. The molecule has 0 spiro atoms. The summed E-state index contributed by atoms with van der Waals surface area (Å²) in [4.78, 5) is 13.5. The Hall–Kier alpha value is -0.610. The molecule has 94 valence electrons. The van der Waals surface area contributed by atoms with E-state index in [-0.39, 0.29) is 5.91 Å². The van der Waals surface area contributed by atoms with Crippen LogP contribution in [0.3, 0.4) is 0 Å². The van der Waals surface area contributed by atoms with Crippen LogP contribution in [0.1, 0.15) is 46.0 Å². The summed E-state index contributed by atoms with van der Waals surface area (Å²) in [5, 5.41) is 0. The summed E-state index contributed by atoms with van der Waals surface area (Å²) in [5.41, 5.74) is 2.17. The van der Waals surface area contributed by atoms with Crippen LogP contribution in [0.5, 0.6) is 0 Å². The molecule has 1 rings (SSSR count). The number of carbonyl (C=O) groups is 1. The van der Waals surface area contributed by atoms with Gasteiger partial charge in [0, 0.05) is 12.5 Å². The van der Waals surface area contributed by atoms with Crippen molar-refractivity contribution in [3.8, 4) is 0 Å². The van der Waals surface area contributed by atoms with Gasteiger partial charge in [-0.2, -0.15) is 0 Å². The Morgan fingerprint density at radius 1 is 1.44 bits per heavy atom. The number of nitrogens with zero attached hydrogens (tertiary/aromatic N) is 1. The van der Waals surface area contributed by atoms with Crippen LogP contribution in [0.15, 0.2) is 0 Å². The number of nitrogens with one attached hydrogen (secondary N) is 1. The Kier molecular flexibility index (Phi) is 5.77. The SMILES string of the molecule is CC1CCCN(CCCCC(=O)NN)C1C. The maximum atomic E-state index is 10.9. The highest BCUT2D eigenvalue weighted by atomic mass is 16.2. The first-order chi connectivity index (χ1) is 7.65. The zero-order valence-corrected chi connectivity index (χ0v) is 10.5. The molecule has 1 amide bonds. The van der Waals surface area contributed by atoms with Gasteiger partial charge in [0.15, 0.2) is 0 Å². The highest BCUT2D eigenvalue weighted by molar-refractivity contribution is 5.75. The van der Waals surface area contributed by atoms with Crippen molar-refractivity contribution in [3.05, 3.63) is 0 Å². The maximum Gasteiger partial charge on any atom is 0.233 e. The van der Waals surface area contributed by atoms with Gasteiger partial charge in [0.05, 0.1) is 0 Å². The predicted octanol–water partition coefficient (Wildman–Crippen LogP) is 1.27. The van der Waals surface area contributed by atoms with Gasteiger partial charge < -0.3 is 4.90 Å². The zero-order valence-electron chi connectivity index (χ0n) is 10.5. The molecule has 0 saturated carbocycles. The van der Waals surface area contributed by atoms with Gasteiger partial charge in [-0.3, -0.25) is 10.2 Å². The van der Waals surface area contributed by atoms with E-state index in [2.05, 4.69) is 24.2 Å². The van der Waals surface area contributed by atoms with Crippen LogP contribution in [0.2, 0.25) is 0 Å². The van der Waals surface area contributed by atoms with Gasteiger partial charge in [0.1, 0.15) is 0 Å². The minimum absolute atomic E-state index is 0.0555. The first-order valence-electron chi connectivity index (χ1n) is 6.38. The fourth-order valence-corrected chi connectivity index (χ4v) is 2.41. The normalized spacial score (nSPS) is 26.7. The lowest BCUT2D eigenvalue weighted by Crippen LogP contribution is -2.42. The lowest BCUT2D eigenvalue weighted by atomic mass is 9.92. The largest absolute Gasteiger partial charge is 0.300 e. The molecule has 0 aromatic carbocycles. The van der Waals surface area contributed by atoms with E-state index in [4.69, 9.17) is 5.84 Å². The van der Waals surface area contributed by atoms with Crippen molar-refractivity contribution in [3.63, 3.8) is 0 Å². The number of nitrogens with two attached hydrogens (primary N) is 1. The fraction of sp³-hybridized carbons (Fsp3) is 0.917. The van der Waals surface area contributed by atoms with E-state index >= 15 is 0 Å². The monoisotopic (exact) mass is 227 g/mol. The molecule has 1 heterocycles. The minimum atomic E-state index is -0.0555. The van der Waals surface area contributed by atoms with Crippen molar-refractivity contribution in [2.45, 2.75) is 52.0 Å². The second-order valence-corrected chi connectivity index (χ2v) is 4.92. The first-order valence-corrected chi connectivity index (χ1v) is 6.38. The molecular formula is C12H25N3O. The van der Waals surface area contributed by atoms with Gasteiger partial charge >= 0.3 is 0 Å². The third-order valence-electron chi connectivity index (χ3n) is 3.76. The number of piperidine rings is 1. The summed E-state index contributed by atoms with van der Waals surface area (Å²) in [6, 6.07) is 0.692. The van der Waals surface area contributed by atoms with E-state index in [0.717, 1.165) is 25.3 Å². The van der Waals surface area contributed by atoms with E-state index in [1.165, 1.54) is 19.4 Å². The Labute approximate surface area is 98.5 Å². The van der Waals surface area contributed by atoms with Gasteiger partial charge in [-0.25, -0.2) is 5.84 Å². The lowest BCUT2D eigenvalue weighted by molar-refractivity contribution is -0.121. The Balaban J connectivity index is 2.14. The minimum Gasteiger partial charge on any atom is -0.300 e. The van der Waals surface area contributed by atoms with Crippen molar-refractivity contribution in [2.75, 3.05) is 13.1 Å². The van der Waals surface area contributed by atoms with E-state index < -0.39 is 0 Å². The molecule has 1 aliphatic rings.